The molecular formula is C13H28N2. The van der Waals surface area contributed by atoms with Crippen LogP contribution in [-0.4, -0.2) is 25.2 Å². The van der Waals surface area contributed by atoms with Gasteiger partial charge in [0.2, 0.25) is 0 Å². The molecule has 2 unspecified atom stereocenters. The average Bonchev–Trinajstić information content (AvgIpc) is 2.28. The molecule has 2 nitrogen and oxygen atoms in total. The third-order valence-electron chi connectivity index (χ3n) is 3.37. The third-order valence-corrected chi connectivity index (χ3v) is 3.37. The molecule has 0 aromatic rings. The van der Waals surface area contributed by atoms with Crippen LogP contribution in [0.5, 0.6) is 0 Å². The number of nitrogens with one attached hydrogen (secondary N) is 2. The standard InChI is InChI=1S/C13H28N2/c1-3-4-5-8-12(2)15-11-13-9-6-7-10-14-13/h12-15H,3-11H2,1-2H3. The van der Waals surface area contributed by atoms with Crippen molar-refractivity contribution >= 4 is 0 Å². The highest BCUT2D eigenvalue weighted by Crippen LogP contribution is 2.07. The molecule has 1 aliphatic rings. The van der Waals surface area contributed by atoms with Crippen LogP contribution in [0.15, 0.2) is 0 Å². The molecule has 15 heavy (non-hydrogen) atoms. The maximum Gasteiger partial charge on any atom is 0.0192 e. The van der Waals surface area contributed by atoms with E-state index in [-0.39, 0.29) is 0 Å². The monoisotopic (exact) mass is 212 g/mol. The van der Waals surface area contributed by atoms with Gasteiger partial charge in [-0.2, -0.15) is 0 Å². The van der Waals surface area contributed by atoms with E-state index in [4.69, 9.17) is 0 Å². The predicted octanol–water partition coefficient (Wildman–Crippen LogP) is 2.69. The molecule has 1 rings (SSSR count). The van der Waals surface area contributed by atoms with E-state index in [0.717, 1.165) is 12.6 Å². The van der Waals surface area contributed by atoms with Crippen LogP contribution in [0.25, 0.3) is 0 Å². The Morgan fingerprint density at radius 3 is 2.87 bits per heavy atom. The first kappa shape index (κ1) is 13.0. The number of hydrogen-bond donors (Lipinski definition) is 2. The van der Waals surface area contributed by atoms with Crippen LogP contribution in [-0.2, 0) is 0 Å². The first-order valence-electron chi connectivity index (χ1n) is 6.79. The third kappa shape index (κ3) is 6.16. The maximum absolute atomic E-state index is 3.65. The Labute approximate surface area is 95.2 Å². The first-order chi connectivity index (χ1) is 7.33. The van der Waals surface area contributed by atoms with Crippen molar-refractivity contribution in [2.24, 2.45) is 0 Å². The molecule has 1 saturated heterocycles. The molecule has 0 aromatic carbocycles. The van der Waals surface area contributed by atoms with Crippen LogP contribution in [0.4, 0.5) is 0 Å². The molecule has 1 aliphatic heterocycles. The highest BCUT2D eigenvalue weighted by molar-refractivity contribution is 4.75. The largest absolute Gasteiger partial charge is 0.313 e. The summed E-state index contributed by atoms with van der Waals surface area (Å²) in [4.78, 5) is 0. The summed E-state index contributed by atoms with van der Waals surface area (Å²) in [7, 11) is 0. The van der Waals surface area contributed by atoms with Crippen molar-refractivity contribution < 1.29 is 0 Å². The molecule has 2 atom stereocenters. The quantitative estimate of drug-likeness (QED) is 0.634. The summed E-state index contributed by atoms with van der Waals surface area (Å²) in [6, 6.07) is 1.42. The van der Waals surface area contributed by atoms with Crippen LogP contribution in [0, 0.1) is 0 Å². The van der Waals surface area contributed by atoms with Crippen LogP contribution < -0.4 is 10.6 Å². The fraction of sp³-hybridized carbons (Fsp3) is 1.00. The van der Waals surface area contributed by atoms with E-state index in [0.29, 0.717) is 6.04 Å². The van der Waals surface area contributed by atoms with Gasteiger partial charge in [0.1, 0.15) is 0 Å². The number of piperidine rings is 1. The van der Waals surface area contributed by atoms with Gasteiger partial charge in [-0.25, -0.2) is 0 Å². The molecule has 0 spiro atoms. The number of hydrogen-bond acceptors (Lipinski definition) is 2. The minimum atomic E-state index is 0.695. The van der Waals surface area contributed by atoms with Crippen LogP contribution in [0.3, 0.4) is 0 Å². The van der Waals surface area contributed by atoms with E-state index in [1.54, 1.807) is 0 Å². The lowest BCUT2D eigenvalue weighted by Gasteiger charge is -2.25. The molecule has 1 fully saturated rings. The first-order valence-corrected chi connectivity index (χ1v) is 6.79. The molecule has 90 valence electrons. The van der Waals surface area contributed by atoms with Gasteiger partial charge in [0.25, 0.3) is 0 Å². The Morgan fingerprint density at radius 1 is 1.33 bits per heavy atom. The second-order valence-corrected chi connectivity index (χ2v) is 4.95. The lowest BCUT2D eigenvalue weighted by atomic mass is 10.0. The van der Waals surface area contributed by atoms with E-state index < -0.39 is 0 Å². The van der Waals surface area contributed by atoms with E-state index in [9.17, 15) is 0 Å². The highest BCUT2D eigenvalue weighted by atomic mass is 15.0. The van der Waals surface area contributed by atoms with Gasteiger partial charge in [0, 0.05) is 18.6 Å². The van der Waals surface area contributed by atoms with E-state index in [2.05, 4.69) is 24.5 Å². The van der Waals surface area contributed by atoms with Crippen LogP contribution in [0.2, 0.25) is 0 Å². The molecule has 2 N–H and O–H groups in total. The van der Waals surface area contributed by atoms with Crippen molar-refractivity contribution in [3.63, 3.8) is 0 Å². The smallest absolute Gasteiger partial charge is 0.0192 e. The molecule has 0 saturated carbocycles. The summed E-state index contributed by atoms with van der Waals surface area (Å²) in [5.41, 5.74) is 0. The summed E-state index contributed by atoms with van der Waals surface area (Å²) in [6.07, 6.45) is 9.55. The minimum absolute atomic E-state index is 0.695. The molecule has 0 aliphatic carbocycles. The SMILES string of the molecule is CCCCCC(C)NCC1CCCCN1. The number of rotatable bonds is 7. The number of unbranched alkanes of at least 4 members (excludes halogenated alkanes) is 2. The van der Waals surface area contributed by atoms with Crippen molar-refractivity contribution in [3.8, 4) is 0 Å². The summed E-state index contributed by atoms with van der Waals surface area (Å²) in [5, 5.41) is 7.23. The topological polar surface area (TPSA) is 24.1 Å². The Bertz CT molecular complexity index is 141. The van der Waals surface area contributed by atoms with Crippen molar-refractivity contribution in [2.75, 3.05) is 13.1 Å². The van der Waals surface area contributed by atoms with E-state index in [1.807, 2.05) is 0 Å². The van der Waals surface area contributed by atoms with Gasteiger partial charge in [-0.05, 0) is 32.7 Å². The Balaban J connectivity index is 1.97. The Kier molecular flexibility index (Phi) is 7.03. The fourth-order valence-electron chi connectivity index (χ4n) is 2.24. The van der Waals surface area contributed by atoms with Gasteiger partial charge in [-0.15, -0.1) is 0 Å². The minimum Gasteiger partial charge on any atom is -0.313 e. The Hall–Kier alpha value is -0.0800. The van der Waals surface area contributed by atoms with Crippen LogP contribution in [0.1, 0.15) is 58.8 Å². The van der Waals surface area contributed by atoms with E-state index >= 15 is 0 Å². The summed E-state index contributed by atoms with van der Waals surface area (Å²) in [6.45, 7) is 6.96. The van der Waals surface area contributed by atoms with Gasteiger partial charge < -0.3 is 10.6 Å². The molecular weight excluding hydrogens is 184 g/mol. The Morgan fingerprint density at radius 2 is 2.20 bits per heavy atom. The molecule has 0 radical (unpaired) electrons. The zero-order valence-electron chi connectivity index (χ0n) is 10.5. The van der Waals surface area contributed by atoms with Gasteiger partial charge in [0.15, 0.2) is 0 Å². The van der Waals surface area contributed by atoms with Crippen molar-refractivity contribution in [3.05, 3.63) is 0 Å². The van der Waals surface area contributed by atoms with Crippen molar-refractivity contribution in [1.29, 1.82) is 0 Å². The fourth-order valence-corrected chi connectivity index (χ4v) is 2.24. The van der Waals surface area contributed by atoms with Crippen LogP contribution >= 0.6 is 0 Å². The molecule has 1 heterocycles. The van der Waals surface area contributed by atoms with Crippen molar-refractivity contribution in [1.82, 2.24) is 10.6 Å². The maximum atomic E-state index is 3.65. The van der Waals surface area contributed by atoms with E-state index in [1.165, 1.54) is 51.5 Å². The molecule has 2 heteroatoms. The average molecular weight is 212 g/mol. The molecule has 0 amide bonds. The summed E-state index contributed by atoms with van der Waals surface area (Å²) < 4.78 is 0. The lowest BCUT2D eigenvalue weighted by molar-refractivity contribution is 0.362. The van der Waals surface area contributed by atoms with Gasteiger partial charge in [-0.1, -0.05) is 32.6 Å². The summed E-state index contributed by atoms with van der Waals surface area (Å²) >= 11 is 0. The molecule has 0 aromatic heterocycles. The highest BCUT2D eigenvalue weighted by Gasteiger charge is 2.12. The second-order valence-electron chi connectivity index (χ2n) is 4.95. The second kappa shape index (κ2) is 8.12. The van der Waals surface area contributed by atoms with Gasteiger partial charge in [0.05, 0.1) is 0 Å². The predicted molar refractivity (Wildman–Crippen MR) is 67.2 cm³/mol. The zero-order chi connectivity index (χ0) is 10.9. The normalized spacial score (nSPS) is 24.0. The lowest BCUT2D eigenvalue weighted by Crippen LogP contribution is -2.44. The molecule has 0 bridgehead atoms. The van der Waals surface area contributed by atoms with Gasteiger partial charge >= 0.3 is 0 Å². The summed E-state index contributed by atoms with van der Waals surface area (Å²) in [5.74, 6) is 0. The van der Waals surface area contributed by atoms with Gasteiger partial charge in [-0.3, -0.25) is 0 Å². The zero-order valence-corrected chi connectivity index (χ0v) is 10.5. The van der Waals surface area contributed by atoms with Crippen molar-refractivity contribution in [2.45, 2.75) is 70.9 Å².